The van der Waals surface area contributed by atoms with Crippen LogP contribution in [0.25, 0.3) is 0 Å². The van der Waals surface area contributed by atoms with Gasteiger partial charge in [-0.05, 0) is 18.8 Å². The van der Waals surface area contributed by atoms with Gasteiger partial charge < -0.3 is 14.6 Å². The second-order valence-corrected chi connectivity index (χ2v) is 6.95. The maximum Gasteiger partial charge on any atom is 0.222 e. The average molecular weight is 343 g/mol. The standard InChI is InChI=1S/C18H25N5O2/c1-3-4-8-18(20-21-18)9-5-15(24)23-11-6-14(7-12-23)16(25)17-19-10-13-22(17)2/h1,10,13-14,16,25H,4-9,11-12H2,2H3. The van der Waals surface area contributed by atoms with Gasteiger partial charge in [0.25, 0.3) is 0 Å². The summed E-state index contributed by atoms with van der Waals surface area (Å²) in [5, 5.41) is 18.7. The van der Waals surface area contributed by atoms with Gasteiger partial charge in [-0.3, -0.25) is 4.79 Å². The maximum absolute atomic E-state index is 12.4. The van der Waals surface area contributed by atoms with Crippen LogP contribution in [0.1, 0.15) is 50.5 Å². The van der Waals surface area contributed by atoms with E-state index in [0.717, 1.165) is 19.3 Å². The van der Waals surface area contributed by atoms with Gasteiger partial charge in [-0.2, -0.15) is 10.2 Å². The lowest BCUT2D eigenvalue weighted by molar-refractivity contribution is -0.133. The Hall–Kier alpha value is -2.20. The lowest BCUT2D eigenvalue weighted by Gasteiger charge is -2.34. The van der Waals surface area contributed by atoms with Gasteiger partial charge in [-0.15, -0.1) is 12.3 Å². The Morgan fingerprint density at radius 3 is 2.72 bits per heavy atom. The number of aliphatic hydroxyl groups excluding tert-OH is 1. The average Bonchev–Trinajstić information content (AvgIpc) is 3.29. The molecule has 7 nitrogen and oxygen atoms in total. The number of terminal acetylenes is 1. The van der Waals surface area contributed by atoms with Crippen LogP contribution < -0.4 is 0 Å². The number of aliphatic hydroxyl groups is 1. The molecule has 1 aromatic rings. The Morgan fingerprint density at radius 2 is 2.16 bits per heavy atom. The van der Waals surface area contributed by atoms with Gasteiger partial charge in [0.15, 0.2) is 5.66 Å². The first kappa shape index (κ1) is 17.6. The van der Waals surface area contributed by atoms with Crippen LogP contribution in [0.3, 0.4) is 0 Å². The number of nitrogens with zero attached hydrogens (tertiary/aromatic N) is 5. The van der Waals surface area contributed by atoms with Crippen molar-refractivity contribution >= 4 is 5.91 Å². The summed E-state index contributed by atoms with van der Waals surface area (Å²) in [7, 11) is 1.88. The molecule has 0 aliphatic carbocycles. The molecule has 0 bridgehead atoms. The van der Waals surface area contributed by atoms with Crippen LogP contribution in [-0.2, 0) is 11.8 Å². The molecule has 2 aliphatic rings. The maximum atomic E-state index is 12.4. The van der Waals surface area contributed by atoms with Gasteiger partial charge in [0, 0.05) is 58.2 Å². The normalized spacial score (nSPS) is 20.3. The zero-order valence-corrected chi connectivity index (χ0v) is 14.6. The minimum Gasteiger partial charge on any atom is -0.385 e. The van der Waals surface area contributed by atoms with Crippen LogP contribution in [0.2, 0.25) is 0 Å². The van der Waals surface area contributed by atoms with Crippen LogP contribution in [0.15, 0.2) is 22.6 Å². The highest BCUT2D eigenvalue weighted by Crippen LogP contribution is 2.38. The molecule has 2 aliphatic heterocycles. The third-order valence-electron chi connectivity index (χ3n) is 5.25. The van der Waals surface area contributed by atoms with Crippen molar-refractivity contribution in [1.82, 2.24) is 14.5 Å². The van der Waals surface area contributed by atoms with E-state index in [2.05, 4.69) is 21.1 Å². The molecule has 7 heteroatoms. The first-order valence-corrected chi connectivity index (χ1v) is 8.85. The Balaban J connectivity index is 1.44. The van der Waals surface area contributed by atoms with Gasteiger partial charge >= 0.3 is 0 Å². The van der Waals surface area contributed by atoms with Crippen LogP contribution in [-0.4, -0.2) is 44.2 Å². The number of carbonyl (C=O) groups excluding carboxylic acids is 1. The van der Waals surface area contributed by atoms with Crippen LogP contribution in [0.4, 0.5) is 0 Å². The van der Waals surface area contributed by atoms with E-state index in [0.29, 0.717) is 38.2 Å². The predicted octanol–water partition coefficient (Wildman–Crippen LogP) is 2.05. The van der Waals surface area contributed by atoms with E-state index in [1.54, 1.807) is 6.20 Å². The predicted molar refractivity (Wildman–Crippen MR) is 92.4 cm³/mol. The Bertz CT molecular complexity index is 676. The zero-order valence-electron chi connectivity index (χ0n) is 14.6. The third kappa shape index (κ3) is 4.07. The summed E-state index contributed by atoms with van der Waals surface area (Å²) in [6.07, 6.45) is 12.3. The first-order valence-electron chi connectivity index (χ1n) is 8.85. The topological polar surface area (TPSA) is 83.1 Å². The van der Waals surface area contributed by atoms with Crippen LogP contribution >= 0.6 is 0 Å². The van der Waals surface area contributed by atoms with Gasteiger partial charge in [0.05, 0.1) is 0 Å². The molecule has 1 saturated heterocycles. The number of hydrogen-bond acceptors (Lipinski definition) is 5. The molecule has 0 spiro atoms. The summed E-state index contributed by atoms with van der Waals surface area (Å²) in [5.41, 5.74) is -0.394. The lowest BCUT2D eigenvalue weighted by Crippen LogP contribution is -2.40. The van der Waals surface area contributed by atoms with E-state index < -0.39 is 11.8 Å². The molecule has 0 aromatic carbocycles. The molecular formula is C18H25N5O2. The summed E-state index contributed by atoms with van der Waals surface area (Å²) in [5.74, 6) is 3.57. The number of amides is 1. The van der Waals surface area contributed by atoms with Crippen molar-refractivity contribution in [2.24, 2.45) is 23.2 Å². The number of piperidine rings is 1. The smallest absolute Gasteiger partial charge is 0.222 e. The van der Waals surface area contributed by atoms with E-state index in [-0.39, 0.29) is 11.8 Å². The molecule has 1 amide bonds. The fraction of sp³-hybridized carbons (Fsp3) is 0.667. The summed E-state index contributed by atoms with van der Waals surface area (Å²) in [6, 6.07) is 0. The Morgan fingerprint density at radius 1 is 1.44 bits per heavy atom. The van der Waals surface area contributed by atoms with Crippen LogP contribution in [0.5, 0.6) is 0 Å². The van der Waals surface area contributed by atoms with Crippen molar-refractivity contribution in [3.63, 3.8) is 0 Å². The summed E-state index contributed by atoms with van der Waals surface area (Å²) < 4.78 is 1.85. The molecule has 1 aromatic heterocycles. The van der Waals surface area contributed by atoms with Crippen molar-refractivity contribution in [2.45, 2.75) is 50.3 Å². The van der Waals surface area contributed by atoms with Crippen molar-refractivity contribution in [1.29, 1.82) is 0 Å². The van der Waals surface area contributed by atoms with Crippen molar-refractivity contribution in [3.05, 3.63) is 18.2 Å². The molecule has 1 atom stereocenters. The second kappa shape index (κ2) is 7.36. The molecule has 0 saturated carbocycles. The zero-order chi connectivity index (χ0) is 17.9. The molecule has 25 heavy (non-hydrogen) atoms. The number of carbonyl (C=O) groups is 1. The highest BCUT2D eigenvalue weighted by Gasteiger charge is 2.40. The molecule has 1 N–H and O–H groups in total. The number of aryl methyl sites for hydroxylation is 1. The second-order valence-electron chi connectivity index (χ2n) is 6.95. The molecule has 1 fully saturated rings. The van der Waals surface area contributed by atoms with Gasteiger partial charge in [0.2, 0.25) is 5.91 Å². The summed E-state index contributed by atoms with van der Waals surface area (Å²) in [6.45, 7) is 1.35. The van der Waals surface area contributed by atoms with Crippen molar-refractivity contribution in [2.75, 3.05) is 13.1 Å². The number of aromatic nitrogens is 2. The van der Waals surface area contributed by atoms with E-state index in [4.69, 9.17) is 6.42 Å². The minimum absolute atomic E-state index is 0.139. The van der Waals surface area contributed by atoms with Crippen molar-refractivity contribution in [3.8, 4) is 12.3 Å². The van der Waals surface area contributed by atoms with E-state index in [9.17, 15) is 9.90 Å². The molecule has 134 valence electrons. The fourth-order valence-corrected chi connectivity index (χ4v) is 3.47. The van der Waals surface area contributed by atoms with E-state index in [1.807, 2.05) is 22.7 Å². The SMILES string of the molecule is C#CCCC1(CCC(=O)N2CCC(C(O)c3nccn3C)CC2)N=N1. The van der Waals surface area contributed by atoms with Gasteiger partial charge in [-0.25, -0.2) is 4.98 Å². The summed E-state index contributed by atoms with van der Waals surface area (Å²) >= 11 is 0. The van der Waals surface area contributed by atoms with E-state index >= 15 is 0 Å². The highest BCUT2D eigenvalue weighted by atomic mass is 16.3. The molecule has 3 heterocycles. The molecule has 3 rings (SSSR count). The number of hydrogen-bond donors (Lipinski definition) is 1. The highest BCUT2D eigenvalue weighted by molar-refractivity contribution is 5.76. The summed E-state index contributed by atoms with van der Waals surface area (Å²) in [4.78, 5) is 18.5. The number of likely N-dealkylation sites (tertiary alicyclic amines) is 1. The number of rotatable bonds is 7. The molecule has 0 radical (unpaired) electrons. The fourth-order valence-electron chi connectivity index (χ4n) is 3.47. The minimum atomic E-state index is -0.576. The Labute approximate surface area is 148 Å². The quantitative estimate of drug-likeness (QED) is 0.769. The first-order chi connectivity index (χ1) is 12.0. The van der Waals surface area contributed by atoms with Gasteiger partial charge in [-0.1, -0.05) is 0 Å². The van der Waals surface area contributed by atoms with Gasteiger partial charge in [0.1, 0.15) is 11.9 Å². The van der Waals surface area contributed by atoms with Crippen LogP contribution in [0, 0.1) is 18.3 Å². The monoisotopic (exact) mass is 343 g/mol. The lowest BCUT2D eigenvalue weighted by atomic mass is 9.90. The largest absolute Gasteiger partial charge is 0.385 e. The Kier molecular flexibility index (Phi) is 5.19. The molecular weight excluding hydrogens is 318 g/mol. The number of imidazole rings is 1. The third-order valence-corrected chi connectivity index (χ3v) is 5.25. The molecule has 1 unspecified atom stereocenters. The van der Waals surface area contributed by atoms with E-state index in [1.165, 1.54) is 0 Å². The van der Waals surface area contributed by atoms with Crippen molar-refractivity contribution < 1.29 is 9.90 Å².